The molecule has 2 atom stereocenters. The number of aromatic amines is 1. The fraction of sp³-hybridized carbons (Fsp3) is 0.375. The second kappa shape index (κ2) is 8.86. The molecule has 5 rings (SSSR count). The number of nitrogens with zero attached hydrogens (tertiary/aromatic N) is 3. The molecule has 10 heteroatoms. The van der Waals surface area contributed by atoms with Crippen molar-refractivity contribution in [3.8, 4) is 0 Å². The van der Waals surface area contributed by atoms with Gasteiger partial charge in [-0.15, -0.1) is 0 Å². The van der Waals surface area contributed by atoms with E-state index in [0.29, 0.717) is 35.6 Å². The Morgan fingerprint density at radius 3 is 2.82 bits per heavy atom. The summed E-state index contributed by atoms with van der Waals surface area (Å²) < 4.78 is 0. The van der Waals surface area contributed by atoms with E-state index in [1.54, 1.807) is 13.1 Å². The number of hydrogen-bond donors (Lipinski definition) is 4. The van der Waals surface area contributed by atoms with Crippen molar-refractivity contribution in [2.24, 2.45) is 0 Å². The summed E-state index contributed by atoms with van der Waals surface area (Å²) in [6, 6.07) is 6.21. The number of fused-ring (bicyclic) bond motifs is 3. The second-order valence-electron chi connectivity index (χ2n) is 8.83. The van der Waals surface area contributed by atoms with Gasteiger partial charge in [0.25, 0.3) is 11.8 Å². The van der Waals surface area contributed by atoms with E-state index in [1.165, 1.54) is 6.33 Å². The molecule has 0 saturated carbocycles. The van der Waals surface area contributed by atoms with Crippen LogP contribution in [0.2, 0.25) is 0 Å². The fourth-order valence-electron chi connectivity index (χ4n) is 4.66. The van der Waals surface area contributed by atoms with E-state index in [0.717, 1.165) is 29.8 Å². The zero-order valence-electron chi connectivity index (χ0n) is 19.1. The van der Waals surface area contributed by atoms with Gasteiger partial charge in [-0.3, -0.25) is 14.4 Å². The van der Waals surface area contributed by atoms with Crippen LogP contribution in [0.3, 0.4) is 0 Å². The predicted octanol–water partition coefficient (Wildman–Crippen LogP) is 1.73. The van der Waals surface area contributed by atoms with Crippen LogP contribution in [-0.4, -0.2) is 62.7 Å². The molecule has 1 aromatic carbocycles. The largest absolute Gasteiger partial charge is 0.357 e. The molecule has 176 valence electrons. The summed E-state index contributed by atoms with van der Waals surface area (Å²) in [7, 11) is 0. The molecular weight excluding hydrogens is 434 g/mol. The molecule has 2 aromatic heterocycles. The summed E-state index contributed by atoms with van der Waals surface area (Å²) in [5.74, 6) is -0.521. The number of nitrogens with one attached hydrogen (secondary N) is 4. The van der Waals surface area contributed by atoms with Gasteiger partial charge in [0.1, 0.15) is 11.8 Å². The van der Waals surface area contributed by atoms with Crippen LogP contribution >= 0.6 is 0 Å². The van der Waals surface area contributed by atoms with E-state index >= 15 is 0 Å². The molecule has 4 heterocycles. The van der Waals surface area contributed by atoms with Crippen molar-refractivity contribution in [1.29, 1.82) is 0 Å². The highest BCUT2D eigenvalue weighted by Gasteiger charge is 2.41. The Morgan fingerprint density at radius 2 is 2.09 bits per heavy atom. The maximum absolute atomic E-state index is 13.1. The van der Waals surface area contributed by atoms with Crippen LogP contribution in [-0.2, 0) is 11.3 Å². The quantitative estimate of drug-likeness (QED) is 0.442. The van der Waals surface area contributed by atoms with Crippen molar-refractivity contribution in [2.75, 3.05) is 18.4 Å². The topological polar surface area (TPSA) is 132 Å². The van der Waals surface area contributed by atoms with E-state index in [9.17, 15) is 14.4 Å². The van der Waals surface area contributed by atoms with Crippen molar-refractivity contribution < 1.29 is 14.4 Å². The lowest BCUT2D eigenvalue weighted by Crippen LogP contribution is -2.46. The Balaban J connectivity index is 1.32. The number of aryl methyl sites for hydroxylation is 1. The number of likely N-dealkylation sites (tertiary alicyclic amines) is 1. The molecule has 3 aromatic rings. The Morgan fingerprint density at radius 1 is 1.24 bits per heavy atom. The molecule has 2 fully saturated rings. The number of amides is 3. The number of piperazine rings is 1. The highest BCUT2D eigenvalue weighted by atomic mass is 16.2. The third-order valence-corrected chi connectivity index (χ3v) is 6.58. The highest BCUT2D eigenvalue weighted by Crippen LogP contribution is 2.27. The Labute approximate surface area is 196 Å². The van der Waals surface area contributed by atoms with E-state index in [2.05, 4.69) is 30.9 Å². The molecule has 34 heavy (non-hydrogen) atoms. The third kappa shape index (κ3) is 4.01. The number of hydrogen-bond acceptors (Lipinski definition) is 6. The molecule has 10 nitrogen and oxygen atoms in total. The second-order valence-corrected chi connectivity index (χ2v) is 8.83. The van der Waals surface area contributed by atoms with Gasteiger partial charge in [0.15, 0.2) is 5.69 Å². The van der Waals surface area contributed by atoms with E-state index in [1.807, 2.05) is 30.0 Å². The van der Waals surface area contributed by atoms with Gasteiger partial charge in [-0.1, -0.05) is 19.1 Å². The van der Waals surface area contributed by atoms with Gasteiger partial charge in [-0.2, -0.15) is 0 Å². The van der Waals surface area contributed by atoms with Crippen molar-refractivity contribution in [3.63, 3.8) is 0 Å². The molecule has 0 aliphatic carbocycles. The molecule has 3 amide bonds. The average molecular weight is 462 g/mol. The minimum Gasteiger partial charge on any atom is -0.357 e. The molecule has 2 aliphatic rings. The minimum atomic E-state index is -0.377. The van der Waals surface area contributed by atoms with Crippen LogP contribution in [0.1, 0.15) is 51.7 Å². The summed E-state index contributed by atoms with van der Waals surface area (Å²) in [6.45, 7) is 5.47. The van der Waals surface area contributed by atoms with Crippen LogP contribution in [0.5, 0.6) is 0 Å². The van der Waals surface area contributed by atoms with Gasteiger partial charge in [-0.05, 0) is 30.5 Å². The SMILES string of the molecule is CCC(=O)Nc1cc(CNC(=O)c2ncnc3c(C(=O)N4CC5CC4CN5)c[nH]c23)ccc1C. The Bertz CT molecular complexity index is 1280. The zero-order valence-corrected chi connectivity index (χ0v) is 19.1. The number of carbonyl (C=O) groups excluding carboxylic acids is 3. The summed E-state index contributed by atoms with van der Waals surface area (Å²) in [5, 5.41) is 9.14. The highest BCUT2D eigenvalue weighted by molar-refractivity contribution is 6.10. The summed E-state index contributed by atoms with van der Waals surface area (Å²) in [5.41, 5.74) is 4.03. The van der Waals surface area contributed by atoms with Crippen molar-refractivity contribution in [1.82, 2.24) is 30.5 Å². The van der Waals surface area contributed by atoms with Crippen molar-refractivity contribution >= 4 is 34.4 Å². The van der Waals surface area contributed by atoms with E-state index < -0.39 is 0 Å². The lowest BCUT2D eigenvalue weighted by atomic mass is 10.1. The van der Waals surface area contributed by atoms with Crippen molar-refractivity contribution in [3.05, 3.63) is 53.1 Å². The smallest absolute Gasteiger partial charge is 0.272 e. The van der Waals surface area contributed by atoms with Crippen LogP contribution < -0.4 is 16.0 Å². The van der Waals surface area contributed by atoms with Crippen LogP contribution in [0.25, 0.3) is 11.0 Å². The molecular formula is C24H27N7O3. The Kier molecular flexibility index (Phi) is 5.74. The zero-order chi connectivity index (χ0) is 23.8. The number of H-pyrrole nitrogens is 1. The number of aromatic nitrogens is 3. The van der Waals surface area contributed by atoms with Gasteiger partial charge in [-0.25, -0.2) is 9.97 Å². The van der Waals surface area contributed by atoms with E-state index in [-0.39, 0.29) is 36.0 Å². The molecule has 0 spiro atoms. The van der Waals surface area contributed by atoms with E-state index in [4.69, 9.17) is 0 Å². The third-order valence-electron chi connectivity index (χ3n) is 6.58. The van der Waals surface area contributed by atoms with Crippen LogP contribution in [0, 0.1) is 6.92 Å². The predicted molar refractivity (Wildman–Crippen MR) is 126 cm³/mol. The summed E-state index contributed by atoms with van der Waals surface area (Å²) in [4.78, 5) is 51.2. The number of carbonyl (C=O) groups is 3. The van der Waals surface area contributed by atoms with Crippen LogP contribution in [0.15, 0.2) is 30.7 Å². The summed E-state index contributed by atoms with van der Waals surface area (Å²) in [6.07, 6.45) is 4.28. The minimum absolute atomic E-state index is 0.0669. The van der Waals surface area contributed by atoms with Gasteiger partial charge >= 0.3 is 0 Å². The maximum Gasteiger partial charge on any atom is 0.272 e. The first-order valence-electron chi connectivity index (χ1n) is 11.5. The van der Waals surface area contributed by atoms with Crippen molar-refractivity contribution in [2.45, 2.75) is 45.3 Å². The molecule has 2 aliphatic heterocycles. The monoisotopic (exact) mass is 461 g/mol. The summed E-state index contributed by atoms with van der Waals surface area (Å²) >= 11 is 0. The maximum atomic E-state index is 13.1. The first-order chi connectivity index (χ1) is 16.4. The molecule has 4 N–H and O–H groups in total. The lowest BCUT2D eigenvalue weighted by molar-refractivity contribution is -0.115. The van der Waals surface area contributed by atoms with Gasteiger partial charge in [0.05, 0.1) is 11.1 Å². The first-order valence-corrected chi connectivity index (χ1v) is 11.5. The number of benzene rings is 1. The van der Waals surface area contributed by atoms with Gasteiger partial charge in [0, 0.05) is 50.0 Å². The number of anilines is 1. The van der Waals surface area contributed by atoms with Gasteiger partial charge < -0.3 is 25.8 Å². The molecule has 0 radical (unpaired) electrons. The van der Waals surface area contributed by atoms with Gasteiger partial charge in [0.2, 0.25) is 5.91 Å². The number of rotatable bonds is 6. The normalized spacial score (nSPS) is 18.9. The molecule has 2 unspecified atom stereocenters. The first kappa shape index (κ1) is 22.0. The fourth-order valence-corrected chi connectivity index (χ4v) is 4.66. The average Bonchev–Trinajstić information content (AvgIpc) is 3.59. The van der Waals surface area contributed by atoms with Crippen LogP contribution in [0.4, 0.5) is 5.69 Å². The lowest BCUT2D eigenvalue weighted by Gasteiger charge is -2.27. The standard InChI is InChI=1S/C24H27N7O3/c1-3-19(32)30-18-6-14(5-4-13(18)2)8-27-23(33)22-21-20(28-12-29-22)17(10-26-21)24(34)31-11-15-7-16(31)9-25-15/h4-6,10,12,15-16,25-26H,3,7-9,11H2,1-2H3,(H,27,33)(H,30,32). The molecule has 2 bridgehead atoms. The Hall–Kier alpha value is -3.79. The molecule has 2 saturated heterocycles.